The molecule has 0 spiro atoms. The summed E-state index contributed by atoms with van der Waals surface area (Å²) in [6.07, 6.45) is 5.57. The SMILES string of the molecule is Cc1ccc(S(=O)(=O)N(C)CC(Cl)CCCCCCCOC(=O)c2ccccc2)cc1. The Balaban J connectivity index is 1.57. The Bertz CT molecular complexity index is 901. The number of nitrogens with zero attached hydrogens (tertiary/aromatic N) is 1. The quantitative estimate of drug-likeness (QED) is 0.225. The molecule has 0 radical (unpaired) electrons. The van der Waals surface area contributed by atoms with Crippen LogP contribution >= 0.6 is 11.6 Å². The van der Waals surface area contributed by atoms with Crippen molar-refractivity contribution in [2.24, 2.45) is 0 Å². The fourth-order valence-corrected chi connectivity index (χ4v) is 4.84. The third kappa shape index (κ3) is 8.63. The normalized spacial score (nSPS) is 12.6. The lowest BCUT2D eigenvalue weighted by Crippen LogP contribution is -2.32. The molecule has 0 aliphatic carbocycles. The van der Waals surface area contributed by atoms with Gasteiger partial charge in [0.15, 0.2) is 0 Å². The monoisotopic (exact) mass is 465 g/mol. The second-order valence-electron chi connectivity index (χ2n) is 7.75. The topological polar surface area (TPSA) is 63.7 Å². The number of hydrogen-bond donors (Lipinski definition) is 0. The van der Waals surface area contributed by atoms with Gasteiger partial charge in [-0.3, -0.25) is 0 Å². The van der Waals surface area contributed by atoms with Crippen LogP contribution in [-0.2, 0) is 14.8 Å². The predicted molar refractivity (Wildman–Crippen MR) is 125 cm³/mol. The Morgan fingerprint density at radius 2 is 1.58 bits per heavy atom. The van der Waals surface area contributed by atoms with Gasteiger partial charge in [-0.05, 0) is 44.0 Å². The smallest absolute Gasteiger partial charge is 0.338 e. The highest BCUT2D eigenvalue weighted by molar-refractivity contribution is 7.89. The summed E-state index contributed by atoms with van der Waals surface area (Å²) in [5, 5.41) is -0.225. The lowest BCUT2D eigenvalue weighted by atomic mass is 10.1. The number of benzene rings is 2. The van der Waals surface area contributed by atoms with E-state index in [2.05, 4.69) is 0 Å². The van der Waals surface area contributed by atoms with Gasteiger partial charge in [0.25, 0.3) is 0 Å². The summed E-state index contributed by atoms with van der Waals surface area (Å²) < 4.78 is 31.8. The largest absolute Gasteiger partial charge is 0.462 e. The second kappa shape index (κ2) is 12.8. The van der Waals surface area contributed by atoms with E-state index >= 15 is 0 Å². The zero-order chi connectivity index (χ0) is 22.7. The summed E-state index contributed by atoms with van der Waals surface area (Å²) in [5.41, 5.74) is 1.59. The summed E-state index contributed by atoms with van der Waals surface area (Å²) in [6.45, 7) is 2.63. The van der Waals surface area contributed by atoms with Gasteiger partial charge in [-0.25, -0.2) is 13.2 Å². The number of carbonyl (C=O) groups excluding carboxylic acids is 1. The van der Waals surface area contributed by atoms with Crippen molar-refractivity contribution in [1.29, 1.82) is 0 Å². The first-order chi connectivity index (χ1) is 14.8. The maximum absolute atomic E-state index is 12.6. The molecular weight excluding hydrogens is 434 g/mol. The van der Waals surface area contributed by atoms with Crippen LogP contribution in [0, 0.1) is 6.92 Å². The third-order valence-electron chi connectivity index (χ3n) is 5.09. The molecule has 2 aromatic rings. The summed E-state index contributed by atoms with van der Waals surface area (Å²) in [6, 6.07) is 15.8. The molecule has 0 aromatic heterocycles. The Labute approximate surface area is 191 Å². The maximum Gasteiger partial charge on any atom is 0.338 e. The Kier molecular flexibility index (Phi) is 10.5. The summed E-state index contributed by atoms with van der Waals surface area (Å²) in [5.74, 6) is -0.282. The minimum absolute atomic E-state index is 0.225. The third-order valence-corrected chi connectivity index (χ3v) is 7.28. The molecule has 0 fully saturated rings. The molecule has 31 heavy (non-hydrogen) atoms. The van der Waals surface area contributed by atoms with Crippen molar-refractivity contribution < 1.29 is 17.9 Å². The van der Waals surface area contributed by atoms with Crippen molar-refractivity contribution >= 4 is 27.6 Å². The van der Waals surface area contributed by atoms with Crippen LogP contribution in [0.5, 0.6) is 0 Å². The molecule has 0 aliphatic rings. The van der Waals surface area contributed by atoms with Crippen molar-refractivity contribution in [3.05, 3.63) is 65.7 Å². The standard InChI is InChI=1S/C24H32ClNO4S/c1-20-14-16-23(17-15-20)31(28,29)26(2)19-22(25)13-9-4-3-5-10-18-30-24(27)21-11-7-6-8-12-21/h6-8,11-12,14-17,22H,3-5,9-10,13,18-19H2,1-2H3. The number of aryl methyl sites for hydroxylation is 1. The van der Waals surface area contributed by atoms with Gasteiger partial charge < -0.3 is 4.74 Å². The summed E-state index contributed by atoms with van der Waals surface area (Å²) >= 11 is 6.39. The molecule has 0 saturated carbocycles. The molecule has 0 N–H and O–H groups in total. The van der Waals surface area contributed by atoms with Crippen LogP contribution < -0.4 is 0 Å². The fraction of sp³-hybridized carbons (Fsp3) is 0.458. The summed E-state index contributed by atoms with van der Waals surface area (Å²) in [7, 11) is -1.95. The first-order valence-electron chi connectivity index (χ1n) is 10.7. The van der Waals surface area contributed by atoms with Crippen molar-refractivity contribution in [1.82, 2.24) is 4.31 Å². The fourth-order valence-electron chi connectivity index (χ4n) is 3.18. The molecule has 0 aliphatic heterocycles. The van der Waals surface area contributed by atoms with E-state index in [-0.39, 0.29) is 22.8 Å². The number of hydrogen-bond acceptors (Lipinski definition) is 4. The van der Waals surface area contributed by atoms with Crippen LogP contribution in [0.4, 0.5) is 0 Å². The average molecular weight is 466 g/mol. The molecule has 5 nitrogen and oxygen atoms in total. The molecule has 0 saturated heterocycles. The van der Waals surface area contributed by atoms with Crippen molar-refractivity contribution in [3.63, 3.8) is 0 Å². The number of esters is 1. The van der Waals surface area contributed by atoms with E-state index in [1.807, 2.05) is 25.1 Å². The lowest BCUT2D eigenvalue weighted by Gasteiger charge is -2.20. The number of sulfonamides is 1. The lowest BCUT2D eigenvalue weighted by molar-refractivity contribution is 0.0497. The van der Waals surface area contributed by atoms with Crippen LogP contribution in [0.3, 0.4) is 0 Å². The maximum atomic E-state index is 12.6. The number of rotatable bonds is 13. The van der Waals surface area contributed by atoms with E-state index in [1.54, 1.807) is 43.4 Å². The van der Waals surface area contributed by atoms with Crippen LogP contribution in [0.1, 0.15) is 54.4 Å². The van der Waals surface area contributed by atoms with Gasteiger partial charge in [-0.2, -0.15) is 4.31 Å². The molecule has 0 bridgehead atoms. The van der Waals surface area contributed by atoms with E-state index in [0.717, 1.165) is 44.1 Å². The first kappa shape index (κ1) is 25.4. The Morgan fingerprint density at radius 3 is 2.26 bits per heavy atom. The van der Waals surface area contributed by atoms with Crippen LogP contribution in [0.2, 0.25) is 0 Å². The van der Waals surface area contributed by atoms with Crippen molar-refractivity contribution in [2.75, 3.05) is 20.2 Å². The van der Waals surface area contributed by atoms with E-state index in [1.165, 1.54) is 4.31 Å². The van der Waals surface area contributed by atoms with E-state index in [4.69, 9.17) is 16.3 Å². The minimum Gasteiger partial charge on any atom is -0.462 e. The highest BCUT2D eigenvalue weighted by atomic mass is 35.5. The van der Waals surface area contributed by atoms with Gasteiger partial charge >= 0.3 is 5.97 Å². The van der Waals surface area contributed by atoms with E-state index < -0.39 is 10.0 Å². The molecule has 7 heteroatoms. The van der Waals surface area contributed by atoms with Crippen molar-refractivity contribution in [3.8, 4) is 0 Å². The Morgan fingerprint density at radius 1 is 0.968 bits per heavy atom. The number of carbonyl (C=O) groups is 1. The predicted octanol–water partition coefficient (Wildman–Crippen LogP) is 5.42. The van der Waals surface area contributed by atoms with Gasteiger partial charge in [0.2, 0.25) is 10.0 Å². The van der Waals surface area contributed by atoms with Crippen LogP contribution in [0.25, 0.3) is 0 Å². The number of halogens is 1. The molecule has 0 amide bonds. The minimum atomic E-state index is -3.52. The molecule has 2 rings (SSSR count). The number of alkyl halides is 1. The molecule has 2 aromatic carbocycles. The van der Waals surface area contributed by atoms with Gasteiger partial charge in [0.05, 0.1) is 17.1 Å². The number of unbranched alkanes of at least 4 members (excludes halogenated alkanes) is 4. The molecule has 0 heterocycles. The molecule has 1 atom stereocenters. The summed E-state index contributed by atoms with van der Waals surface area (Å²) in [4.78, 5) is 12.1. The van der Waals surface area contributed by atoms with Gasteiger partial charge in [0.1, 0.15) is 0 Å². The molecular formula is C24H32ClNO4S. The second-order valence-corrected chi connectivity index (χ2v) is 10.4. The van der Waals surface area contributed by atoms with Crippen LogP contribution in [0.15, 0.2) is 59.5 Å². The van der Waals surface area contributed by atoms with E-state index in [0.29, 0.717) is 12.2 Å². The highest BCUT2D eigenvalue weighted by Crippen LogP contribution is 2.18. The highest BCUT2D eigenvalue weighted by Gasteiger charge is 2.22. The van der Waals surface area contributed by atoms with E-state index in [9.17, 15) is 13.2 Å². The van der Waals surface area contributed by atoms with Crippen LogP contribution in [-0.4, -0.2) is 44.3 Å². The zero-order valence-electron chi connectivity index (χ0n) is 18.3. The molecule has 1 unspecified atom stereocenters. The first-order valence-corrected chi connectivity index (χ1v) is 12.6. The zero-order valence-corrected chi connectivity index (χ0v) is 19.9. The Hall–Kier alpha value is -1.89. The number of ether oxygens (including phenoxy) is 1. The molecule has 170 valence electrons. The average Bonchev–Trinajstić information content (AvgIpc) is 2.76. The van der Waals surface area contributed by atoms with Crippen molar-refractivity contribution in [2.45, 2.75) is 55.7 Å². The van der Waals surface area contributed by atoms with Gasteiger partial charge in [0, 0.05) is 19.0 Å². The van der Waals surface area contributed by atoms with Gasteiger partial charge in [-0.15, -0.1) is 11.6 Å². The van der Waals surface area contributed by atoms with Gasteiger partial charge in [-0.1, -0.05) is 61.6 Å².